The van der Waals surface area contributed by atoms with E-state index >= 15 is 0 Å². The second-order valence-corrected chi connectivity index (χ2v) is 11.7. The smallest absolute Gasteiger partial charge is 0.340 e. The summed E-state index contributed by atoms with van der Waals surface area (Å²) in [7, 11) is -4.02. The highest BCUT2D eigenvalue weighted by atomic mass is 32.2. The average molecular weight is 553 g/mol. The van der Waals surface area contributed by atoms with Crippen LogP contribution in [0.4, 0.5) is 13.2 Å². The summed E-state index contributed by atoms with van der Waals surface area (Å²) in [5, 5.41) is 2.60. The molecule has 38 heavy (non-hydrogen) atoms. The maximum Gasteiger partial charge on any atom is 0.416 e. The topological polar surface area (TPSA) is 117 Å². The number of alkyl halides is 3. The standard InChI is InChI=1S/C25H27F3N4O5S/c1-15(2)12-19(30-23(34)16-5-7-17(8-6-16)25(26,27)28)24(35)31-11-9-20-22(31)21(33)14-32(20)38(36,37)18-4-3-10-29-13-18/h3-8,10,13,15,19-20,22H,9,11-12,14H2,1-2H3,(H,30,34). The fourth-order valence-electron chi connectivity index (χ4n) is 4.92. The first kappa shape index (κ1) is 27.7. The summed E-state index contributed by atoms with van der Waals surface area (Å²) in [6.45, 7) is 3.40. The molecule has 2 saturated heterocycles. The lowest BCUT2D eigenvalue weighted by molar-refractivity contribution is -0.138. The molecule has 3 unspecified atom stereocenters. The Bertz CT molecular complexity index is 1320. The zero-order chi connectivity index (χ0) is 27.8. The molecule has 2 aliphatic rings. The largest absolute Gasteiger partial charge is 0.416 e. The fourth-order valence-corrected chi connectivity index (χ4v) is 6.51. The Morgan fingerprint density at radius 1 is 1.16 bits per heavy atom. The van der Waals surface area contributed by atoms with E-state index in [4.69, 9.17) is 0 Å². The van der Waals surface area contributed by atoms with Crippen molar-refractivity contribution < 1.29 is 36.0 Å². The lowest BCUT2D eigenvalue weighted by Gasteiger charge is -2.29. The van der Waals surface area contributed by atoms with E-state index in [0.717, 1.165) is 28.6 Å². The molecule has 13 heteroatoms. The molecule has 0 spiro atoms. The number of hydrogen-bond acceptors (Lipinski definition) is 6. The Balaban J connectivity index is 1.53. The van der Waals surface area contributed by atoms with Gasteiger partial charge in [-0.2, -0.15) is 17.5 Å². The molecule has 0 bridgehead atoms. The second-order valence-electron chi connectivity index (χ2n) is 9.77. The van der Waals surface area contributed by atoms with Crippen molar-refractivity contribution in [2.45, 2.75) is 55.9 Å². The summed E-state index contributed by atoms with van der Waals surface area (Å²) in [5.74, 6) is -1.74. The van der Waals surface area contributed by atoms with Crippen LogP contribution in [-0.2, 0) is 25.8 Å². The van der Waals surface area contributed by atoms with E-state index < -0.39 is 57.5 Å². The normalized spacial score (nSPS) is 21.0. The zero-order valence-electron chi connectivity index (χ0n) is 20.7. The summed E-state index contributed by atoms with van der Waals surface area (Å²) in [6, 6.07) is 3.69. The van der Waals surface area contributed by atoms with E-state index in [9.17, 15) is 36.0 Å². The third kappa shape index (κ3) is 5.44. The van der Waals surface area contributed by atoms with Crippen LogP contribution in [0.5, 0.6) is 0 Å². The molecular weight excluding hydrogens is 525 g/mol. The van der Waals surface area contributed by atoms with Crippen LogP contribution in [0.2, 0.25) is 0 Å². The average Bonchev–Trinajstić information content (AvgIpc) is 3.44. The molecule has 1 aromatic heterocycles. The van der Waals surface area contributed by atoms with Gasteiger partial charge in [-0.05, 0) is 55.2 Å². The minimum Gasteiger partial charge on any atom is -0.340 e. The number of carbonyl (C=O) groups excluding carboxylic acids is 3. The number of pyridine rings is 1. The van der Waals surface area contributed by atoms with E-state index in [1.165, 1.54) is 29.4 Å². The quantitative estimate of drug-likeness (QED) is 0.564. The van der Waals surface area contributed by atoms with Crippen LogP contribution in [0.15, 0.2) is 53.7 Å². The molecule has 1 aromatic carbocycles. The second kappa shape index (κ2) is 10.4. The van der Waals surface area contributed by atoms with Crippen LogP contribution in [0.25, 0.3) is 0 Å². The maximum absolute atomic E-state index is 13.6. The highest BCUT2D eigenvalue weighted by molar-refractivity contribution is 7.89. The van der Waals surface area contributed by atoms with Gasteiger partial charge in [0.15, 0.2) is 5.78 Å². The van der Waals surface area contributed by atoms with E-state index in [0.29, 0.717) is 0 Å². The Morgan fingerprint density at radius 3 is 2.42 bits per heavy atom. The third-order valence-electron chi connectivity index (χ3n) is 6.69. The highest BCUT2D eigenvalue weighted by Crippen LogP contribution is 2.34. The van der Waals surface area contributed by atoms with Crippen molar-refractivity contribution >= 4 is 27.6 Å². The zero-order valence-corrected chi connectivity index (χ0v) is 21.5. The molecule has 1 N–H and O–H groups in total. The predicted octanol–water partition coefficient (Wildman–Crippen LogP) is 2.49. The lowest BCUT2D eigenvalue weighted by Crippen LogP contribution is -2.53. The Morgan fingerprint density at radius 2 is 1.84 bits per heavy atom. The molecule has 3 heterocycles. The van der Waals surface area contributed by atoms with Gasteiger partial charge in [-0.15, -0.1) is 0 Å². The van der Waals surface area contributed by atoms with Gasteiger partial charge in [0.25, 0.3) is 5.91 Å². The van der Waals surface area contributed by atoms with Gasteiger partial charge in [0, 0.05) is 24.5 Å². The van der Waals surface area contributed by atoms with Crippen molar-refractivity contribution in [2.24, 2.45) is 5.92 Å². The Kier molecular flexibility index (Phi) is 7.62. The Hall–Kier alpha value is -3.32. The van der Waals surface area contributed by atoms with E-state index in [2.05, 4.69) is 10.3 Å². The number of sulfonamides is 1. The number of ketones is 1. The van der Waals surface area contributed by atoms with Crippen LogP contribution in [0.1, 0.15) is 42.6 Å². The summed E-state index contributed by atoms with van der Waals surface area (Å²) >= 11 is 0. The number of benzene rings is 1. The minimum atomic E-state index is -4.55. The number of amides is 2. The van der Waals surface area contributed by atoms with Gasteiger partial charge in [-0.1, -0.05) is 13.8 Å². The molecule has 0 aliphatic carbocycles. The van der Waals surface area contributed by atoms with Gasteiger partial charge in [0.05, 0.1) is 18.2 Å². The van der Waals surface area contributed by atoms with Crippen molar-refractivity contribution in [3.05, 3.63) is 59.9 Å². The van der Waals surface area contributed by atoms with Crippen molar-refractivity contribution in [1.82, 2.24) is 19.5 Å². The molecular formula is C25H27F3N4O5S. The fraction of sp³-hybridized carbons (Fsp3) is 0.440. The summed E-state index contributed by atoms with van der Waals surface area (Å²) in [4.78, 5) is 44.5. The van der Waals surface area contributed by atoms with Gasteiger partial charge in [-0.3, -0.25) is 19.4 Å². The van der Waals surface area contributed by atoms with E-state index in [1.807, 2.05) is 13.8 Å². The molecule has 2 amide bonds. The van der Waals surface area contributed by atoms with Crippen molar-refractivity contribution in [3.63, 3.8) is 0 Å². The summed E-state index contributed by atoms with van der Waals surface area (Å²) in [6.07, 6.45) is -1.47. The summed E-state index contributed by atoms with van der Waals surface area (Å²) < 4.78 is 66.0. The predicted molar refractivity (Wildman–Crippen MR) is 129 cm³/mol. The number of Topliss-reactive ketones (excluding diaryl/α,β-unsaturated/α-hetero) is 1. The monoisotopic (exact) mass is 552 g/mol. The number of nitrogens with one attached hydrogen (secondary N) is 1. The number of aromatic nitrogens is 1. The van der Waals surface area contributed by atoms with Gasteiger partial charge < -0.3 is 10.2 Å². The van der Waals surface area contributed by atoms with Gasteiger partial charge in [-0.25, -0.2) is 8.42 Å². The van der Waals surface area contributed by atoms with Crippen molar-refractivity contribution in [1.29, 1.82) is 0 Å². The van der Waals surface area contributed by atoms with Crippen LogP contribution in [-0.4, -0.2) is 71.4 Å². The molecule has 3 atom stereocenters. The maximum atomic E-state index is 13.6. The first-order valence-corrected chi connectivity index (χ1v) is 13.5. The molecule has 204 valence electrons. The Labute approximate surface area is 218 Å². The SMILES string of the molecule is CC(C)CC(NC(=O)c1ccc(C(F)(F)F)cc1)C(=O)N1CCC2C1C(=O)CN2S(=O)(=O)c1cccnc1. The van der Waals surface area contributed by atoms with Crippen molar-refractivity contribution in [2.75, 3.05) is 13.1 Å². The third-order valence-corrected chi connectivity index (χ3v) is 8.54. The number of halogens is 3. The first-order chi connectivity index (χ1) is 17.8. The van der Waals surface area contributed by atoms with E-state index in [1.54, 1.807) is 0 Å². The van der Waals surface area contributed by atoms with Crippen LogP contribution in [0.3, 0.4) is 0 Å². The molecule has 0 radical (unpaired) electrons. The van der Waals surface area contributed by atoms with Crippen LogP contribution < -0.4 is 5.32 Å². The van der Waals surface area contributed by atoms with Gasteiger partial charge in [0.1, 0.15) is 17.0 Å². The minimum absolute atomic E-state index is 0.0445. The first-order valence-electron chi connectivity index (χ1n) is 12.0. The molecule has 2 aliphatic heterocycles. The van der Waals surface area contributed by atoms with E-state index in [-0.39, 0.29) is 42.3 Å². The molecule has 2 aromatic rings. The molecule has 0 saturated carbocycles. The molecule has 9 nitrogen and oxygen atoms in total. The van der Waals surface area contributed by atoms with Crippen LogP contribution >= 0.6 is 0 Å². The van der Waals surface area contributed by atoms with Crippen LogP contribution in [0, 0.1) is 5.92 Å². The number of rotatable bonds is 7. The van der Waals surface area contributed by atoms with Gasteiger partial charge in [0.2, 0.25) is 15.9 Å². The highest BCUT2D eigenvalue weighted by Gasteiger charge is 2.54. The lowest BCUT2D eigenvalue weighted by atomic mass is 10.0. The van der Waals surface area contributed by atoms with Crippen molar-refractivity contribution in [3.8, 4) is 0 Å². The summed E-state index contributed by atoms with van der Waals surface area (Å²) in [5.41, 5.74) is -0.956. The van der Waals surface area contributed by atoms with Gasteiger partial charge >= 0.3 is 6.18 Å². The molecule has 2 fully saturated rings. The number of nitrogens with zero attached hydrogens (tertiary/aromatic N) is 3. The molecule has 4 rings (SSSR count). The number of hydrogen-bond donors (Lipinski definition) is 1. The number of likely N-dealkylation sites (tertiary alicyclic amines) is 1. The number of carbonyl (C=O) groups is 3. The number of fused-ring (bicyclic) bond motifs is 1.